The van der Waals surface area contributed by atoms with Crippen LogP contribution >= 0.6 is 0 Å². The van der Waals surface area contributed by atoms with E-state index in [4.69, 9.17) is 4.74 Å². The molecule has 0 atom stereocenters. The van der Waals surface area contributed by atoms with Crippen molar-refractivity contribution in [2.45, 2.75) is 6.54 Å². The van der Waals surface area contributed by atoms with Crippen LogP contribution in [-0.2, 0) is 6.54 Å². The number of non-ortho nitro benzene ring substituents is 1. The number of methoxy groups -OCH3 is 1. The van der Waals surface area contributed by atoms with Crippen molar-refractivity contribution in [3.63, 3.8) is 0 Å². The third kappa shape index (κ3) is 4.00. The molecular weight excluding hydrogens is 322 g/mol. The second-order valence-corrected chi connectivity index (χ2v) is 6.03. The number of hydrogen-bond acceptors (Lipinski definition) is 6. The quantitative estimate of drug-likeness (QED) is 0.664. The van der Waals surface area contributed by atoms with Crippen LogP contribution in [0.5, 0.6) is 11.5 Å². The van der Waals surface area contributed by atoms with E-state index >= 15 is 0 Å². The number of nitro benzene ring substituents is 1. The molecule has 0 aromatic heterocycles. The smallest absolute Gasteiger partial charge is 0.270 e. The van der Waals surface area contributed by atoms with E-state index in [0.717, 1.165) is 37.4 Å². The molecule has 1 N–H and O–H groups in total. The molecule has 0 bridgehead atoms. The molecule has 7 heteroatoms. The molecule has 7 nitrogen and oxygen atoms in total. The van der Waals surface area contributed by atoms with E-state index in [2.05, 4.69) is 9.80 Å². The van der Waals surface area contributed by atoms with Crippen LogP contribution in [0.4, 0.5) is 11.4 Å². The SMILES string of the molecule is COc1ccc([N+](=O)[O-])cc1CN1CCN(c2ccc(O)cc2)CC1. The Morgan fingerprint density at radius 2 is 1.80 bits per heavy atom. The second kappa shape index (κ2) is 7.40. The Bertz CT molecular complexity index is 740. The van der Waals surface area contributed by atoms with Crippen LogP contribution in [0.15, 0.2) is 42.5 Å². The van der Waals surface area contributed by atoms with Gasteiger partial charge >= 0.3 is 0 Å². The maximum Gasteiger partial charge on any atom is 0.270 e. The van der Waals surface area contributed by atoms with E-state index in [0.29, 0.717) is 12.3 Å². The van der Waals surface area contributed by atoms with E-state index in [1.807, 2.05) is 12.1 Å². The van der Waals surface area contributed by atoms with E-state index in [9.17, 15) is 15.2 Å². The van der Waals surface area contributed by atoms with Crippen molar-refractivity contribution in [3.05, 3.63) is 58.1 Å². The molecule has 0 amide bonds. The summed E-state index contributed by atoms with van der Waals surface area (Å²) >= 11 is 0. The summed E-state index contributed by atoms with van der Waals surface area (Å²) in [5, 5.41) is 20.4. The Morgan fingerprint density at radius 3 is 2.40 bits per heavy atom. The molecule has 1 aliphatic rings. The van der Waals surface area contributed by atoms with Crippen molar-refractivity contribution in [1.29, 1.82) is 0 Å². The monoisotopic (exact) mass is 343 g/mol. The number of phenols is 1. The minimum Gasteiger partial charge on any atom is -0.508 e. The minimum absolute atomic E-state index is 0.0820. The Balaban J connectivity index is 1.65. The van der Waals surface area contributed by atoms with Crippen LogP contribution in [0.1, 0.15) is 5.56 Å². The Labute approximate surface area is 146 Å². The van der Waals surface area contributed by atoms with E-state index in [1.54, 1.807) is 31.4 Å². The third-order valence-electron chi connectivity index (χ3n) is 4.46. The molecule has 2 aromatic carbocycles. The molecule has 0 spiro atoms. The predicted octanol–water partition coefficient (Wildman–Crippen LogP) is 2.63. The number of rotatable bonds is 5. The van der Waals surface area contributed by atoms with Gasteiger partial charge < -0.3 is 14.7 Å². The number of anilines is 1. The van der Waals surface area contributed by atoms with E-state index in [1.165, 1.54) is 6.07 Å². The van der Waals surface area contributed by atoms with Crippen molar-refractivity contribution >= 4 is 11.4 Å². The molecule has 1 aliphatic heterocycles. The maximum atomic E-state index is 11.0. The third-order valence-corrected chi connectivity index (χ3v) is 4.46. The van der Waals surface area contributed by atoms with Gasteiger partial charge in [-0.25, -0.2) is 0 Å². The van der Waals surface area contributed by atoms with Crippen LogP contribution in [0.3, 0.4) is 0 Å². The second-order valence-electron chi connectivity index (χ2n) is 6.03. The lowest BCUT2D eigenvalue weighted by Crippen LogP contribution is -2.46. The van der Waals surface area contributed by atoms with E-state index < -0.39 is 0 Å². The topological polar surface area (TPSA) is 79.1 Å². The van der Waals surface area contributed by atoms with Crippen molar-refractivity contribution in [2.75, 3.05) is 38.2 Å². The van der Waals surface area contributed by atoms with E-state index in [-0.39, 0.29) is 16.4 Å². The zero-order chi connectivity index (χ0) is 17.8. The summed E-state index contributed by atoms with van der Waals surface area (Å²) in [5.41, 5.74) is 2.00. The number of piperazine rings is 1. The van der Waals surface area contributed by atoms with Crippen LogP contribution in [0.2, 0.25) is 0 Å². The molecule has 0 aliphatic carbocycles. The number of nitrogens with zero attached hydrogens (tertiary/aromatic N) is 3. The number of nitro groups is 1. The molecule has 3 rings (SSSR count). The lowest BCUT2D eigenvalue weighted by atomic mass is 10.1. The predicted molar refractivity (Wildman–Crippen MR) is 95.2 cm³/mol. The molecule has 1 fully saturated rings. The zero-order valence-electron chi connectivity index (χ0n) is 14.1. The molecule has 132 valence electrons. The normalized spacial score (nSPS) is 15.2. The molecule has 0 radical (unpaired) electrons. The first-order chi connectivity index (χ1) is 12.1. The van der Waals surface area contributed by atoms with Gasteiger partial charge in [-0.1, -0.05) is 0 Å². The van der Waals surface area contributed by atoms with Gasteiger partial charge in [0.2, 0.25) is 0 Å². The molecule has 1 heterocycles. The summed E-state index contributed by atoms with van der Waals surface area (Å²) < 4.78 is 5.34. The Hall–Kier alpha value is -2.80. The first-order valence-corrected chi connectivity index (χ1v) is 8.14. The maximum absolute atomic E-state index is 11.0. The summed E-state index contributed by atoms with van der Waals surface area (Å²) in [7, 11) is 1.58. The van der Waals surface area contributed by atoms with Gasteiger partial charge in [0.25, 0.3) is 5.69 Å². The molecular formula is C18H21N3O4. The summed E-state index contributed by atoms with van der Waals surface area (Å²) in [6, 6.07) is 11.9. The number of aromatic hydroxyl groups is 1. The Morgan fingerprint density at radius 1 is 1.12 bits per heavy atom. The molecule has 1 saturated heterocycles. The lowest BCUT2D eigenvalue weighted by Gasteiger charge is -2.36. The average molecular weight is 343 g/mol. The summed E-state index contributed by atoms with van der Waals surface area (Å²) in [5.74, 6) is 0.937. The number of benzene rings is 2. The van der Waals surface area contributed by atoms with Crippen molar-refractivity contribution in [1.82, 2.24) is 4.90 Å². The van der Waals surface area contributed by atoms with Crippen LogP contribution in [0.25, 0.3) is 0 Å². The van der Waals surface area contributed by atoms with Crippen molar-refractivity contribution in [3.8, 4) is 11.5 Å². The van der Waals surface area contributed by atoms with Gasteiger partial charge in [0, 0.05) is 56.1 Å². The van der Waals surface area contributed by atoms with Gasteiger partial charge in [0.15, 0.2) is 0 Å². The van der Waals surface area contributed by atoms with Gasteiger partial charge in [-0.05, 0) is 30.3 Å². The van der Waals surface area contributed by atoms with Gasteiger partial charge in [-0.15, -0.1) is 0 Å². The fourth-order valence-electron chi connectivity index (χ4n) is 3.07. The molecule has 0 unspecified atom stereocenters. The molecule has 0 saturated carbocycles. The van der Waals surface area contributed by atoms with Crippen LogP contribution < -0.4 is 9.64 Å². The summed E-state index contributed by atoms with van der Waals surface area (Å²) in [6.07, 6.45) is 0. The molecule has 25 heavy (non-hydrogen) atoms. The fraction of sp³-hybridized carbons (Fsp3) is 0.333. The van der Waals surface area contributed by atoms with Gasteiger partial charge in [-0.3, -0.25) is 15.0 Å². The number of phenolic OH excluding ortho intramolecular Hbond substituents is 1. The van der Waals surface area contributed by atoms with Crippen LogP contribution in [-0.4, -0.2) is 48.2 Å². The minimum atomic E-state index is -0.383. The van der Waals surface area contributed by atoms with Crippen molar-refractivity contribution < 1.29 is 14.8 Å². The highest BCUT2D eigenvalue weighted by Crippen LogP contribution is 2.26. The lowest BCUT2D eigenvalue weighted by molar-refractivity contribution is -0.385. The largest absolute Gasteiger partial charge is 0.508 e. The highest BCUT2D eigenvalue weighted by molar-refractivity contribution is 5.49. The highest BCUT2D eigenvalue weighted by Gasteiger charge is 2.20. The fourth-order valence-corrected chi connectivity index (χ4v) is 3.07. The van der Waals surface area contributed by atoms with Crippen molar-refractivity contribution in [2.24, 2.45) is 0 Å². The zero-order valence-corrected chi connectivity index (χ0v) is 14.1. The average Bonchev–Trinajstić information content (AvgIpc) is 2.63. The highest BCUT2D eigenvalue weighted by atomic mass is 16.6. The standard InChI is InChI=1S/C18H21N3O4/c1-25-18-7-4-16(21(23)24)12-14(18)13-19-8-10-20(11-9-19)15-2-5-17(22)6-3-15/h2-7,12,22H,8-11,13H2,1H3. The summed E-state index contributed by atoms with van der Waals surface area (Å²) in [4.78, 5) is 15.1. The summed E-state index contributed by atoms with van der Waals surface area (Å²) in [6.45, 7) is 4.05. The molecule has 2 aromatic rings. The number of ether oxygens (including phenoxy) is 1. The van der Waals surface area contributed by atoms with Gasteiger partial charge in [0.05, 0.1) is 12.0 Å². The van der Waals surface area contributed by atoms with Gasteiger partial charge in [-0.2, -0.15) is 0 Å². The van der Waals surface area contributed by atoms with Crippen LogP contribution in [0, 0.1) is 10.1 Å². The first kappa shape index (κ1) is 17.0. The number of hydrogen-bond donors (Lipinski definition) is 1. The Kier molecular flexibility index (Phi) is 5.04. The first-order valence-electron chi connectivity index (χ1n) is 8.14. The van der Waals surface area contributed by atoms with Gasteiger partial charge in [0.1, 0.15) is 11.5 Å².